The van der Waals surface area contributed by atoms with E-state index >= 15 is 0 Å². The van der Waals surface area contributed by atoms with Crippen molar-refractivity contribution in [2.45, 2.75) is 56.5 Å². The van der Waals surface area contributed by atoms with Crippen LogP contribution in [0.15, 0.2) is 42.9 Å². The van der Waals surface area contributed by atoms with Crippen molar-refractivity contribution in [2.24, 2.45) is 0 Å². The lowest BCUT2D eigenvalue weighted by molar-refractivity contribution is -0.0644. The summed E-state index contributed by atoms with van der Waals surface area (Å²) < 4.78 is 18.7. The first kappa shape index (κ1) is 21.1. The van der Waals surface area contributed by atoms with Crippen molar-refractivity contribution in [1.29, 1.82) is 0 Å². The van der Waals surface area contributed by atoms with E-state index in [1.807, 2.05) is 30.6 Å². The maximum Gasteiger partial charge on any atom is 0.203 e. The Morgan fingerprint density at radius 1 is 1.03 bits per heavy atom. The lowest BCUT2D eigenvalue weighted by atomic mass is 9.85. The first-order valence-electron chi connectivity index (χ1n) is 11.2. The van der Waals surface area contributed by atoms with Crippen LogP contribution in [0.3, 0.4) is 0 Å². The van der Waals surface area contributed by atoms with Gasteiger partial charge in [0.1, 0.15) is 0 Å². The summed E-state index contributed by atoms with van der Waals surface area (Å²) in [5.41, 5.74) is 1.50. The van der Waals surface area contributed by atoms with Gasteiger partial charge in [-0.15, -0.1) is 0 Å². The molecule has 0 amide bonds. The van der Waals surface area contributed by atoms with Crippen molar-refractivity contribution in [2.75, 3.05) is 21.3 Å². The molecular formula is C25H31N3O4. The van der Waals surface area contributed by atoms with Crippen LogP contribution in [0.1, 0.15) is 31.2 Å². The van der Waals surface area contributed by atoms with Gasteiger partial charge in [0.15, 0.2) is 11.5 Å². The highest BCUT2D eigenvalue weighted by Crippen LogP contribution is 2.44. The molecule has 5 rings (SSSR count). The Hall–Kier alpha value is -2.77. The third kappa shape index (κ3) is 3.69. The lowest BCUT2D eigenvalue weighted by Crippen LogP contribution is -2.52. The standard InChI is InChI=1S/C25H31N3O4/c1-30-22-10-17(11-23(31-2)24(22)32-3)15-28-19-4-5-20(28)13-25(29,12-19)16-27-9-7-18-6-8-26-14-21(18)27/h6-11,14,19-20,29H,4-5,12-13,15-16H2,1-3H3/t19-,20-/m1/s1. The number of ether oxygens (including phenoxy) is 3. The Balaban J connectivity index is 1.34. The molecule has 3 aromatic rings. The fourth-order valence-electron chi connectivity index (χ4n) is 5.72. The van der Waals surface area contributed by atoms with Gasteiger partial charge in [0.05, 0.1) is 45.2 Å². The van der Waals surface area contributed by atoms with Gasteiger partial charge in [-0.3, -0.25) is 9.88 Å². The minimum atomic E-state index is -0.709. The Kier molecular flexibility index (Phi) is 5.47. The third-order valence-corrected chi connectivity index (χ3v) is 7.13. The van der Waals surface area contributed by atoms with Crippen LogP contribution < -0.4 is 14.2 Å². The second-order valence-electron chi connectivity index (χ2n) is 9.10. The van der Waals surface area contributed by atoms with Crippen LogP contribution in [0, 0.1) is 0 Å². The molecule has 2 bridgehead atoms. The van der Waals surface area contributed by atoms with E-state index in [9.17, 15) is 5.11 Å². The average molecular weight is 438 g/mol. The van der Waals surface area contributed by atoms with Gasteiger partial charge in [0.25, 0.3) is 0 Å². The molecule has 2 fully saturated rings. The van der Waals surface area contributed by atoms with Crippen LogP contribution in [0.2, 0.25) is 0 Å². The van der Waals surface area contributed by atoms with Crippen molar-refractivity contribution >= 4 is 10.9 Å². The molecule has 2 saturated heterocycles. The number of piperidine rings is 1. The zero-order valence-electron chi connectivity index (χ0n) is 19.0. The molecule has 0 radical (unpaired) electrons. The van der Waals surface area contributed by atoms with Gasteiger partial charge in [0, 0.05) is 36.4 Å². The Bertz CT molecular complexity index is 1070. The molecule has 32 heavy (non-hydrogen) atoms. The highest BCUT2D eigenvalue weighted by atomic mass is 16.5. The number of rotatable bonds is 7. The van der Waals surface area contributed by atoms with Crippen molar-refractivity contribution in [3.05, 3.63) is 48.4 Å². The predicted molar refractivity (Wildman–Crippen MR) is 122 cm³/mol. The molecule has 0 aliphatic carbocycles. The normalized spacial score (nSPS) is 25.2. The molecule has 0 unspecified atom stereocenters. The Morgan fingerprint density at radius 2 is 1.72 bits per heavy atom. The molecule has 7 nitrogen and oxygen atoms in total. The van der Waals surface area contributed by atoms with Crippen molar-refractivity contribution in [3.8, 4) is 17.2 Å². The van der Waals surface area contributed by atoms with Gasteiger partial charge in [-0.25, -0.2) is 0 Å². The topological polar surface area (TPSA) is 69.0 Å². The fraction of sp³-hybridized carbons (Fsp3) is 0.480. The fourth-order valence-corrected chi connectivity index (χ4v) is 5.72. The van der Waals surface area contributed by atoms with Gasteiger partial charge in [0.2, 0.25) is 5.75 Å². The number of fused-ring (bicyclic) bond motifs is 3. The van der Waals surface area contributed by atoms with Crippen LogP contribution in [-0.2, 0) is 13.1 Å². The largest absolute Gasteiger partial charge is 0.493 e. The minimum Gasteiger partial charge on any atom is -0.493 e. The van der Waals surface area contributed by atoms with Gasteiger partial charge in [-0.1, -0.05) is 0 Å². The summed E-state index contributed by atoms with van der Waals surface area (Å²) in [6.07, 6.45) is 9.53. The first-order valence-corrected chi connectivity index (χ1v) is 11.2. The zero-order valence-corrected chi connectivity index (χ0v) is 19.0. The summed E-state index contributed by atoms with van der Waals surface area (Å²) in [7, 11) is 4.91. The zero-order chi connectivity index (χ0) is 22.3. The number of aliphatic hydroxyl groups is 1. The molecule has 0 spiro atoms. The lowest BCUT2D eigenvalue weighted by Gasteiger charge is -2.44. The quantitative estimate of drug-likeness (QED) is 0.609. The van der Waals surface area contributed by atoms with E-state index in [2.05, 4.69) is 26.7 Å². The molecule has 1 N–H and O–H groups in total. The van der Waals surface area contributed by atoms with Crippen molar-refractivity contribution in [3.63, 3.8) is 0 Å². The highest BCUT2D eigenvalue weighted by molar-refractivity contribution is 5.78. The van der Waals surface area contributed by atoms with Crippen LogP contribution in [0.5, 0.6) is 17.2 Å². The van der Waals surface area contributed by atoms with Crippen LogP contribution in [-0.4, -0.2) is 58.6 Å². The SMILES string of the molecule is COc1cc(CN2[C@@H]3CC[C@@H]2CC(O)(Cn2ccc4ccncc42)C3)cc(OC)c1OC. The molecule has 7 heteroatoms. The monoisotopic (exact) mass is 437 g/mol. The van der Waals surface area contributed by atoms with E-state index < -0.39 is 5.60 Å². The summed E-state index contributed by atoms with van der Waals surface area (Å²) in [5, 5.41) is 12.7. The molecule has 1 aromatic carbocycles. The Labute approximate surface area is 188 Å². The van der Waals surface area contributed by atoms with E-state index in [-0.39, 0.29) is 0 Å². The number of pyridine rings is 1. The summed E-state index contributed by atoms with van der Waals surface area (Å²) in [6.45, 7) is 1.41. The number of benzene rings is 1. The van der Waals surface area contributed by atoms with Crippen molar-refractivity contribution in [1.82, 2.24) is 14.5 Å². The van der Waals surface area contributed by atoms with E-state index in [4.69, 9.17) is 14.2 Å². The number of methoxy groups -OCH3 is 3. The minimum absolute atomic E-state index is 0.359. The van der Waals surface area contributed by atoms with E-state index in [1.54, 1.807) is 21.3 Å². The average Bonchev–Trinajstić information content (AvgIpc) is 3.31. The Morgan fingerprint density at radius 3 is 2.34 bits per heavy atom. The van der Waals surface area contributed by atoms with Gasteiger partial charge in [-0.05, 0) is 55.5 Å². The van der Waals surface area contributed by atoms with Gasteiger partial charge >= 0.3 is 0 Å². The van der Waals surface area contributed by atoms with Crippen LogP contribution in [0.25, 0.3) is 10.9 Å². The predicted octanol–water partition coefficient (Wildman–Crippen LogP) is 3.62. The molecule has 0 saturated carbocycles. The van der Waals surface area contributed by atoms with Gasteiger partial charge < -0.3 is 23.9 Å². The smallest absolute Gasteiger partial charge is 0.203 e. The molecule has 2 aliphatic rings. The third-order valence-electron chi connectivity index (χ3n) is 7.13. The molecule has 2 aliphatic heterocycles. The van der Waals surface area contributed by atoms with Gasteiger partial charge in [-0.2, -0.15) is 0 Å². The van der Waals surface area contributed by atoms with Crippen LogP contribution >= 0.6 is 0 Å². The molecule has 170 valence electrons. The van der Waals surface area contributed by atoms with Crippen molar-refractivity contribution < 1.29 is 19.3 Å². The molecule has 4 heterocycles. The van der Waals surface area contributed by atoms with Crippen LogP contribution in [0.4, 0.5) is 0 Å². The molecule has 2 atom stereocenters. The highest BCUT2D eigenvalue weighted by Gasteiger charge is 2.47. The second kappa shape index (κ2) is 8.30. The molecule has 2 aromatic heterocycles. The number of hydrogen-bond acceptors (Lipinski definition) is 6. The number of nitrogens with zero attached hydrogens (tertiary/aromatic N) is 3. The second-order valence-corrected chi connectivity index (χ2v) is 9.10. The maximum absolute atomic E-state index is 11.6. The summed E-state index contributed by atoms with van der Waals surface area (Å²) in [6, 6.07) is 8.88. The van der Waals surface area contributed by atoms with E-state index in [1.165, 1.54) is 0 Å². The first-order chi connectivity index (χ1) is 15.5. The maximum atomic E-state index is 11.6. The number of aromatic nitrogens is 2. The number of hydrogen-bond donors (Lipinski definition) is 1. The summed E-state index contributed by atoms with van der Waals surface area (Å²) >= 11 is 0. The van der Waals surface area contributed by atoms with E-state index in [0.29, 0.717) is 35.9 Å². The molecular weight excluding hydrogens is 406 g/mol. The van der Waals surface area contributed by atoms with E-state index in [0.717, 1.165) is 48.7 Å². The summed E-state index contributed by atoms with van der Waals surface area (Å²) in [5.74, 6) is 1.97. The summed E-state index contributed by atoms with van der Waals surface area (Å²) in [4.78, 5) is 6.81.